The lowest BCUT2D eigenvalue weighted by Crippen LogP contribution is -2.46. The predicted octanol–water partition coefficient (Wildman–Crippen LogP) is 5.94. The van der Waals surface area contributed by atoms with E-state index in [1.165, 1.54) is 0 Å². The zero-order valence-electron chi connectivity index (χ0n) is 29.3. The standard InChI is InChI=1S/C39H43N3O8Si/c1-24-35(51(4,5)47)34(19-20-43)50-39(24)32-22-29(41-37(45)27-11-16-31(49-3)17-12-27)13-18-33(32)42(38(39)46)23-25-7-6-8-28(21-25)40-36(44)26-9-14-30(48-2)15-10-26/h6-18,21-22,24,34-35,43,47H,19-20,23H2,1-5H3,(H,40,44)(H,41,45)/t24-,34+,35-,39+/m1/s1. The molecule has 51 heavy (non-hydrogen) atoms. The Kier molecular flexibility index (Phi) is 10.0. The van der Waals surface area contributed by atoms with Crippen molar-refractivity contribution >= 4 is 43.1 Å². The number of nitrogens with zero attached hydrogens (tertiary/aromatic N) is 1. The normalized spacial score (nSPS) is 21.0. The van der Waals surface area contributed by atoms with E-state index in [9.17, 15) is 24.3 Å². The second-order valence-electron chi connectivity index (χ2n) is 13.6. The quantitative estimate of drug-likeness (QED) is 0.140. The van der Waals surface area contributed by atoms with Gasteiger partial charge in [-0.05, 0) is 104 Å². The number of methoxy groups -OCH3 is 2. The molecule has 4 N–H and O–H groups in total. The van der Waals surface area contributed by atoms with Crippen LogP contribution in [0.3, 0.4) is 0 Å². The molecule has 0 unspecified atom stereocenters. The van der Waals surface area contributed by atoms with Gasteiger partial charge in [0.15, 0.2) is 13.9 Å². The highest BCUT2D eigenvalue weighted by Crippen LogP contribution is 2.60. The lowest BCUT2D eigenvalue weighted by atomic mass is 9.82. The topological polar surface area (TPSA) is 147 Å². The number of fused-ring (bicyclic) bond motifs is 2. The fourth-order valence-corrected chi connectivity index (χ4v) is 10.1. The van der Waals surface area contributed by atoms with Crippen LogP contribution in [0, 0.1) is 5.92 Å². The Labute approximate surface area is 298 Å². The average molecular weight is 710 g/mol. The van der Waals surface area contributed by atoms with E-state index in [-0.39, 0.29) is 42.8 Å². The molecule has 266 valence electrons. The lowest BCUT2D eigenvalue weighted by Gasteiger charge is -2.32. The largest absolute Gasteiger partial charge is 0.497 e. The number of hydrogen-bond donors (Lipinski definition) is 4. The summed E-state index contributed by atoms with van der Waals surface area (Å²) < 4.78 is 17.2. The highest BCUT2D eigenvalue weighted by atomic mass is 28.4. The van der Waals surface area contributed by atoms with Gasteiger partial charge >= 0.3 is 0 Å². The molecular formula is C39H43N3O8Si. The third kappa shape index (κ3) is 6.87. The van der Waals surface area contributed by atoms with Crippen molar-refractivity contribution in [3.05, 3.63) is 113 Å². The first kappa shape index (κ1) is 35.8. The molecule has 4 atom stereocenters. The number of hydrogen-bond acceptors (Lipinski definition) is 8. The average Bonchev–Trinajstić information content (AvgIpc) is 3.54. The van der Waals surface area contributed by atoms with Crippen LogP contribution in [0.1, 0.15) is 45.2 Å². The van der Waals surface area contributed by atoms with Gasteiger partial charge in [-0.2, -0.15) is 0 Å². The minimum Gasteiger partial charge on any atom is -0.497 e. The molecular weight excluding hydrogens is 667 g/mol. The number of anilines is 3. The van der Waals surface area contributed by atoms with Gasteiger partial charge in [-0.1, -0.05) is 19.1 Å². The van der Waals surface area contributed by atoms with Crippen molar-refractivity contribution in [2.45, 2.75) is 50.2 Å². The fraction of sp³-hybridized carbons (Fsp3) is 0.308. The van der Waals surface area contributed by atoms with Crippen molar-refractivity contribution in [2.24, 2.45) is 5.92 Å². The van der Waals surface area contributed by atoms with Crippen molar-refractivity contribution < 1.29 is 38.5 Å². The van der Waals surface area contributed by atoms with Gasteiger partial charge in [0, 0.05) is 46.1 Å². The van der Waals surface area contributed by atoms with Gasteiger partial charge in [0.2, 0.25) is 0 Å². The van der Waals surface area contributed by atoms with Crippen LogP contribution in [0.5, 0.6) is 11.5 Å². The molecule has 0 aromatic heterocycles. The maximum atomic E-state index is 14.8. The molecule has 0 aliphatic carbocycles. The molecule has 0 radical (unpaired) electrons. The summed E-state index contributed by atoms with van der Waals surface area (Å²) in [7, 11) is 0.208. The first-order valence-corrected chi connectivity index (χ1v) is 19.9. The van der Waals surface area contributed by atoms with E-state index < -0.39 is 25.9 Å². The summed E-state index contributed by atoms with van der Waals surface area (Å²) in [5.41, 5.74) is 2.09. The van der Waals surface area contributed by atoms with Gasteiger partial charge < -0.3 is 39.6 Å². The smallest absolute Gasteiger partial charge is 0.264 e. The molecule has 3 amide bonds. The maximum Gasteiger partial charge on any atom is 0.264 e. The Bertz CT molecular complexity index is 1930. The van der Waals surface area contributed by atoms with Crippen LogP contribution in [0.4, 0.5) is 17.1 Å². The van der Waals surface area contributed by atoms with Crippen LogP contribution in [0.25, 0.3) is 0 Å². The van der Waals surface area contributed by atoms with Gasteiger partial charge in [0.05, 0.1) is 32.6 Å². The van der Waals surface area contributed by atoms with Gasteiger partial charge in [-0.15, -0.1) is 0 Å². The summed E-state index contributed by atoms with van der Waals surface area (Å²) in [4.78, 5) is 54.2. The van der Waals surface area contributed by atoms with Crippen molar-refractivity contribution in [3.8, 4) is 11.5 Å². The Morgan fingerprint density at radius 1 is 0.863 bits per heavy atom. The van der Waals surface area contributed by atoms with Gasteiger partial charge in [-0.3, -0.25) is 14.4 Å². The third-order valence-corrected chi connectivity index (χ3v) is 12.4. The summed E-state index contributed by atoms with van der Waals surface area (Å²) in [5.74, 6) is -0.0793. The number of amides is 3. The molecule has 2 heterocycles. The van der Waals surface area contributed by atoms with E-state index in [0.29, 0.717) is 45.3 Å². The molecule has 1 fully saturated rings. The van der Waals surface area contributed by atoms with Crippen molar-refractivity contribution in [3.63, 3.8) is 0 Å². The monoisotopic (exact) mass is 709 g/mol. The lowest BCUT2D eigenvalue weighted by molar-refractivity contribution is -0.146. The van der Waals surface area contributed by atoms with Crippen molar-refractivity contribution in [1.82, 2.24) is 0 Å². The second kappa shape index (κ2) is 14.3. The molecule has 1 spiro atoms. The Morgan fingerprint density at radius 2 is 1.43 bits per heavy atom. The number of rotatable bonds is 11. The number of aliphatic hydroxyl groups excluding tert-OH is 1. The number of aliphatic hydroxyl groups is 1. The summed E-state index contributed by atoms with van der Waals surface area (Å²) in [5, 5.41) is 15.9. The summed E-state index contributed by atoms with van der Waals surface area (Å²) in [6.45, 7) is 5.59. The Hall–Kier alpha value is -5.01. The van der Waals surface area contributed by atoms with Gasteiger partial charge in [0.1, 0.15) is 11.5 Å². The van der Waals surface area contributed by atoms with E-state index in [0.717, 1.165) is 5.56 Å². The fourth-order valence-electron chi connectivity index (χ4n) is 7.53. The molecule has 0 saturated carbocycles. The number of carbonyl (C=O) groups excluding carboxylic acids is 3. The zero-order chi connectivity index (χ0) is 36.5. The zero-order valence-corrected chi connectivity index (χ0v) is 30.3. The molecule has 6 rings (SSSR count). The molecule has 2 aliphatic heterocycles. The molecule has 1 saturated heterocycles. The van der Waals surface area contributed by atoms with E-state index >= 15 is 0 Å². The first-order valence-electron chi connectivity index (χ1n) is 16.9. The molecule has 12 heteroatoms. The summed E-state index contributed by atoms with van der Waals surface area (Å²) >= 11 is 0. The molecule has 4 aromatic carbocycles. The minimum absolute atomic E-state index is 0.161. The molecule has 4 aromatic rings. The van der Waals surface area contributed by atoms with E-state index in [1.807, 2.05) is 38.2 Å². The second-order valence-corrected chi connectivity index (χ2v) is 17.5. The van der Waals surface area contributed by atoms with E-state index in [2.05, 4.69) is 10.6 Å². The highest BCUT2D eigenvalue weighted by molar-refractivity contribution is 6.71. The van der Waals surface area contributed by atoms with Crippen LogP contribution < -0.4 is 25.0 Å². The SMILES string of the molecule is COc1ccc(C(=O)Nc2cccc(CN3C(=O)[C@@]4(O[C@@H](CCO)[C@H]([Si](C)(C)O)[C@H]4C)c4cc(NC(=O)c5ccc(OC)cc5)ccc43)c2)cc1. The number of carbonyl (C=O) groups is 3. The minimum atomic E-state index is -2.91. The third-order valence-electron chi connectivity index (χ3n) is 9.89. The van der Waals surface area contributed by atoms with Crippen LogP contribution in [0.15, 0.2) is 91.0 Å². The number of benzene rings is 4. The first-order chi connectivity index (χ1) is 24.4. The van der Waals surface area contributed by atoms with Crippen LogP contribution in [0.2, 0.25) is 18.6 Å². The highest BCUT2D eigenvalue weighted by Gasteiger charge is 2.66. The number of ether oxygens (including phenoxy) is 3. The Balaban J connectivity index is 1.34. The summed E-state index contributed by atoms with van der Waals surface area (Å²) in [6, 6.07) is 26.2. The molecule has 0 bridgehead atoms. The Morgan fingerprint density at radius 3 is 1.96 bits per heavy atom. The predicted molar refractivity (Wildman–Crippen MR) is 197 cm³/mol. The van der Waals surface area contributed by atoms with Gasteiger partial charge in [-0.25, -0.2) is 0 Å². The molecule has 11 nitrogen and oxygen atoms in total. The maximum absolute atomic E-state index is 14.8. The van der Waals surface area contributed by atoms with Crippen molar-refractivity contribution in [1.29, 1.82) is 0 Å². The molecule has 2 aliphatic rings. The van der Waals surface area contributed by atoms with Crippen LogP contribution in [-0.4, -0.2) is 62.9 Å². The number of nitrogens with one attached hydrogen (secondary N) is 2. The van der Waals surface area contributed by atoms with Crippen LogP contribution in [-0.2, 0) is 21.7 Å². The van der Waals surface area contributed by atoms with Crippen molar-refractivity contribution in [2.75, 3.05) is 36.4 Å². The van der Waals surface area contributed by atoms with E-state index in [4.69, 9.17) is 14.2 Å². The van der Waals surface area contributed by atoms with Crippen LogP contribution >= 0.6 is 0 Å². The van der Waals surface area contributed by atoms with E-state index in [1.54, 1.807) is 91.9 Å². The summed E-state index contributed by atoms with van der Waals surface area (Å²) in [6.07, 6.45) is -0.289. The van der Waals surface area contributed by atoms with Gasteiger partial charge in [0.25, 0.3) is 17.7 Å².